The molecule has 0 aromatic heterocycles. The van der Waals surface area contributed by atoms with E-state index in [0.717, 1.165) is 0 Å². The molecule has 0 spiro atoms. The summed E-state index contributed by atoms with van der Waals surface area (Å²) >= 11 is 5.50. The summed E-state index contributed by atoms with van der Waals surface area (Å²) in [5.74, 6) is -0.430. The van der Waals surface area contributed by atoms with Gasteiger partial charge < -0.3 is 4.74 Å². The Morgan fingerprint density at radius 3 is 2.46 bits per heavy atom. The second kappa shape index (κ2) is 2.27. The van der Waals surface area contributed by atoms with Crippen molar-refractivity contribution in [2.75, 3.05) is 0 Å². The minimum Gasteiger partial charge on any atom is -0.449 e. The molecule has 0 radical (unpaired) electrons. The van der Waals surface area contributed by atoms with Crippen LogP contribution in [0.5, 0.6) is 0 Å². The molecule has 4 heteroatoms. The van der Waals surface area contributed by atoms with E-state index in [1.807, 2.05) is 13.8 Å². The molecule has 1 saturated carbocycles. The Labute approximate surface area is 81.4 Å². The molecule has 72 valence electrons. The van der Waals surface area contributed by atoms with Crippen LogP contribution in [0.15, 0.2) is 0 Å². The first-order valence-electron chi connectivity index (χ1n) is 4.34. The number of hydrogen-bond donors (Lipinski definition) is 0. The monoisotopic (exact) mass is 202 g/mol. The van der Waals surface area contributed by atoms with E-state index in [2.05, 4.69) is 0 Å². The summed E-state index contributed by atoms with van der Waals surface area (Å²) in [5.41, 5.74) is -1.49. The SMILES string of the molecule is CC1(C)[C@@H]2CC[C@@]1(C(=O)Cl)OC2=O. The summed E-state index contributed by atoms with van der Waals surface area (Å²) < 4.78 is 5.10. The quantitative estimate of drug-likeness (QED) is 0.478. The van der Waals surface area contributed by atoms with E-state index in [9.17, 15) is 9.59 Å². The van der Waals surface area contributed by atoms with Crippen LogP contribution in [0.4, 0.5) is 0 Å². The van der Waals surface area contributed by atoms with E-state index in [1.165, 1.54) is 0 Å². The average molecular weight is 203 g/mol. The molecule has 2 fully saturated rings. The van der Waals surface area contributed by atoms with Crippen LogP contribution >= 0.6 is 11.6 Å². The number of rotatable bonds is 1. The third-order valence-corrected chi connectivity index (χ3v) is 3.88. The maximum Gasteiger partial charge on any atom is 0.310 e. The Bertz CT molecular complexity index is 297. The lowest BCUT2D eigenvalue weighted by Gasteiger charge is -2.31. The minimum atomic E-state index is -1.05. The molecule has 2 rings (SSSR count). The molecule has 1 aliphatic heterocycles. The molecule has 3 nitrogen and oxygen atoms in total. The maximum absolute atomic E-state index is 11.3. The molecule has 1 saturated heterocycles. The molecule has 1 aliphatic carbocycles. The van der Waals surface area contributed by atoms with Gasteiger partial charge in [-0.2, -0.15) is 0 Å². The van der Waals surface area contributed by atoms with Crippen LogP contribution in [-0.4, -0.2) is 16.8 Å². The van der Waals surface area contributed by atoms with Gasteiger partial charge >= 0.3 is 5.97 Å². The first kappa shape index (κ1) is 9.00. The molecule has 1 heterocycles. The van der Waals surface area contributed by atoms with Gasteiger partial charge in [-0.3, -0.25) is 9.59 Å². The van der Waals surface area contributed by atoms with Crippen molar-refractivity contribution in [3.8, 4) is 0 Å². The molecule has 2 atom stereocenters. The summed E-state index contributed by atoms with van der Waals surface area (Å²) in [7, 11) is 0. The summed E-state index contributed by atoms with van der Waals surface area (Å²) in [6.45, 7) is 3.74. The summed E-state index contributed by atoms with van der Waals surface area (Å²) in [4.78, 5) is 22.6. The van der Waals surface area contributed by atoms with Crippen LogP contribution in [0.25, 0.3) is 0 Å². The first-order chi connectivity index (χ1) is 5.92. The lowest BCUT2D eigenvalue weighted by atomic mass is 9.75. The van der Waals surface area contributed by atoms with Crippen LogP contribution in [0.3, 0.4) is 0 Å². The molecule has 0 aromatic carbocycles. The number of carbonyl (C=O) groups is 2. The Hall–Kier alpha value is -0.570. The van der Waals surface area contributed by atoms with Crippen molar-refractivity contribution in [2.45, 2.75) is 32.3 Å². The van der Waals surface area contributed by atoms with Crippen molar-refractivity contribution >= 4 is 22.8 Å². The number of fused-ring (bicyclic) bond motifs is 2. The smallest absolute Gasteiger partial charge is 0.310 e. The highest BCUT2D eigenvalue weighted by molar-refractivity contribution is 6.65. The van der Waals surface area contributed by atoms with E-state index in [4.69, 9.17) is 16.3 Å². The Balaban J connectivity index is 2.51. The molecule has 0 N–H and O–H groups in total. The van der Waals surface area contributed by atoms with Gasteiger partial charge in [0.05, 0.1) is 5.92 Å². The van der Waals surface area contributed by atoms with Crippen LogP contribution < -0.4 is 0 Å². The highest BCUT2D eigenvalue weighted by Crippen LogP contribution is 2.58. The predicted octanol–water partition coefficient (Wildman–Crippen LogP) is 1.48. The normalized spacial score (nSPS) is 40.5. The lowest BCUT2D eigenvalue weighted by Crippen LogP contribution is -2.44. The third-order valence-electron chi connectivity index (χ3n) is 3.57. The highest BCUT2D eigenvalue weighted by Gasteiger charge is 2.69. The number of ether oxygens (including phenoxy) is 1. The van der Waals surface area contributed by atoms with Crippen molar-refractivity contribution in [1.82, 2.24) is 0 Å². The van der Waals surface area contributed by atoms with Gasteiger partial charge in [0.1, 0.15) is 0 Å². The number of carbonyl (C=O) groups excluding carboxylic acids is 2. The van der Waals surface area contributed by atoms with E-state index in [-0.39, 0.29) is 11.9 Å². The van der Waals surface area contributed by atoms with Crippen molar-refractivity contribution in [3.63, 3.8) is 0 Å². The highest BCUT2D eigenvalue weighted by atomic mass is 35.5. The number of halogens is 1. The zero-order valence-electron chi connectivity index (χ0n) is 7.59. The van der Waals surface area contributed by atoms with Gasteiger partial charge in [-0.25, -0.2) is 0 Å². The zero-order chi connectivity index (χ0) is 9.85. The fourth-order valence-electron chi connectivity index (χ4n) is 2.54. The van der Waals surface area contributed by atoms with E-state index < -0.39 is 16.3 Å². The molecule has 2 aliphatic rings. The van der Waals surface area contributed by atoms with Gasteiger partial charge in [-0.15, -0.1) is 0 Å². The molecule has 13 heavy (non-hydrogen) atoms. The van der Waals surface area contributed by atoms with Crippen molar-refractivity contribution in [2.24, 2.45) is 11.3 Å². The standard InChI is InChI=1S/C9H11ClO3/c1-8(2)5-3-4-9(8,7(10)12)13-6(5)11/h5H,3-4H2,1-2H3/t5-,9+/m1/s1. The Kier molecular flexibility index (Phi) is 1.57. The van der Waals surface area contributed by atoms with Gasteiger partial charge in [-0.1, -0.05) is 13.8 Å². The summed E-state index contributed by atoms with van der Waals surface area (Å²) in [5, 5.41) is -0.536. The molecule has 0 aromatic rings. The van der Waals surface area contributed by atoms with Gasteiger partial charge in [0, 0.05) is 5.41 Å². The topological polar surface area (TPSA) is 43.4 Å². The summed E-state index contributed by atoms with van der Waals surface area (Å²) in [6, 6.07) is 0. The van der Waals surface area contributed by atoms with Crippen LogP contribution in [0, 0.1) is 11.3 Å². The largest absolute Gasteiger partial charge is 0.449 e. The lowest BCUT2D eigenvalue weighted by molar-refractivity contribution is -0.161. The fourth-order valence-corrected chi connectivity index (χ4v) is 2.92. The molecule has 2 bridgehead atoms. The Morgan fingerprint density at radius 1 is 1.62 bits per heavy atom. The van der Waals surface area contributed by atoms with Gasteiger partial charge in [0.15, 0.2) is 5.60 Å². The Morgan fingerprint density at radius 2 is 2.23 bits per heavy atom. The van der Waals surface area contributed by atoms with Gasteiger partial charge in [0.2, 0.25) is 0 Å². The molecular formula is C9H11ClO3. The fraction of sp³-hybridized carbons (Fsp3) is 0.778. The van der Waals surface area contributed by atoms with Crippen LogP contribution in [0.2, 0.25) is 0 Å². The van der Waals surface area contributed by atoms with Crippen LogP contribution in [0.1, 0.15) is 26.7 Å². The van der Waals surface area contributed by atoms with Gasteiger partial charge in [-0.05, 0) is 24.4 Å². The second-order valence-electron chi connectivity index (χ2n) is 4.33. The number of hydrogen-bond acceptors (Lipinski definition) is 3. The predicted molar refractivity (Wildman–Crippen MR) is 46.2 cm³/mol. The number of esters is 1. The van der Waals surface area contributed by atoms with Crippen molar-refractivity contribution < 1.29 is 14.3 Å². The first-order valence-corrected chi connectivity index (χ1v) is 4.72. The van der Waals surface area contributed by atoms with Crippen LogP contribution in [-0.2, 0) is 14.3 Å². The van der Waals surface area contributed by atoms with E-state index >= 15 is 0 Å². The van der Waals surface area contributed by atoms with E-state index in [1.54, 1.807) is 0 Å². The molecular weight excluding hydrogens is 192 g/mol. The average Bonchev–Trinajstić information content (AvgIpc) is 2.35. The van der Waals surface area contributed by atoms with E-state index in [0.29, 0.717) is 12.8 Å². The maximum atomic E-state index is 11.3. The summed E-state index contributed by atoms with van der Waals surface area (Å²) in [6.07, 6.45) is 1.28. The minimum absolute atomic E-state index is 0.157. The van der Waals surface area contributed by atoms with Crippen molar-refractivity contribution in [1.29, 1.82) is 0 Å². The van der Waals surface area contributed by atoms with Crippen molar-refractivity contribution in [3.05, 3.63) is 0 Å². The third kappa shape index (κ3) is 0.810. The molecule has 0 amide bonds. The second-order valence-corrected chi connectivity index (χ2v) is 4.68. The molecule has 0 unspecified atom stereocenters. The zero-order valence-corrected chi connectivity index (χ0v) is 8.35. The van der Waals surface area contributed by atoms with Gasteiger partial charge in [0.25, 0.3) is 5.24 Å².